The molecule has 0 aliphatic carbocycles. The molecule has 0 N–H and O–H groups in total. The summed E-state index contributed by atoms with van der Waals surface area (Å²) >= 11 is 0. The Hall–Kier alpha value is -2.23. The largest absolute Gasteiger partial charge is 0.304 e. The summed E-state index contributed by atoms with van der Waals surface area (Å²) in [7, 11) is 2.17. The van der Waals surface area contributed by atoms with Crippen LogP contribution in [0, 0.1) is 0 Å². The Bertz CT molecular complexity index is 943. The molecule has 3 heteroatoms. The molecule has 0 atom stereocenters. The van der Waals surface area contributed by atoms with Crippen molar-refractivity contribution in [2.75, 3.05) is 33.2 Å². The number of fused-ring (bicyclic) bond motifs is 2. The quantitative estimate of drug-likeness (QED) is 0.725. The van der Waals surface area contributed by atoms with Crippen LogP contribution in [0.3, 0.4) is 0 Å². The summed E-state index contributed by atoms with van der Waals surface area (Å²) in [4.78, 5) is 17.8. The lowest BCUT2D eigenvalue weighted by atomic mass is 10.1. The van der Waals surface area contributed by atoms with Crippen LogP contribution >= 0.6 is 0 Å². The molecule has 1 heterocycles. The molecule has 1 aliphatic heterocycles. The highest BCUT2D eigenvalue weighted by atomic mass is 16.1. The van der Waals surface area contributed by atoms with Crippen molar-refractivity contribution in [1.29, 1.82) is 0 Å². The molecule has 0 saturated carbocycles. The van der Waals surface area contributed by atoms with Crippen LogP contribution < -0.4 is 5.43 Å². The van der Waals surface area contributed by atoms with Gasteiger partial charge in [-0.3, -0.25) is 9.69 Å². The second kappa shape index (κ2) is 6.34. The van der Waals surface area contributed by atoms with Crippen LogP contribution in [0.5, 0.6) is 0 Å². The van der Waals surface area contributed by atoms with E-state index in [-0.39, 0.29) is 5.43 Å². The van der Waals surface area contributed by atoms with E-state index in [1.165, 1.54) is 5.56 Å². The maximum atomic E-state index is 13.0. The van der Waals surface area contributed by atoms with Gasteiger partial charge < -0.3 is 4.90 Å². The molecule has 0 radical (unpaired) electrons. The molecule has 0 bridgehead atoms. The lowest BCUT2D eigenvalue weighted by Crippen LogP contribution is -2.43. The predicted octanol–water partition coefficient (Wildman–Crippen LogP) is 3.10. The summed E-state index contributed by atoms with van der Waals surface area (Å²) in [5.41, 5.74) is 1.37. The first-order chi connectivity index (χ1) is 11.7. The van der Waals surface area contributed by atoms with Crippen LogP contribution in [0.15, 0.2) is 59.4 Å². The summed E-state index contributed by atoms with van der Waals surface area (Å²) in [5, 5.41) is 3.74. The van der Waals surface area contributed by atoms with Crippen molar-refractivity contribution >= 4 is 21.5 Å². The summed E-state index contributed by atoms with van der Waals surface area (Å²) < 4.78 is 0. The third kappa shape index (κ3) is 2.81. The van der Waals surface area contributed by atoms with Crippen molar-refractivity contribution in [3.8, 4) is 0 Å². The van der Waals surface area contributed by atoms with Crippen molar-refractivity contribution in [2.24, 2.45) is 0 Å². The molecule has 24 heavy (non-hydrogen) atoms. The molecular weight excluding hydrogens is 296 g/mol. The van der Waals surface area contributed by atoms with Crippen LogP contribution in [-0.2, 0) is 6.54 Å². The Kier molecular flexibility index (Phi) is 4.05. The molecule has 3 aromatic carbocycles. The minimum Gasteiger partial charge on any atom is -0.304 e. The highest BCUT2D eigenvalue weighted by molar-refractivity contribution is 5.95. The van der Waals surface area contributed by atoms with Gasteiger partial charge in [-0.25, -0.2) is 0 Å². The standard InChI is InChI=1S/C21H22N2O/c1-22-10-12-23(13-11-22)15-17-14-16-6-2-3-8-19(16)21(24)20-9-5-4-7-18(17)20/h2-9,14H,10-13,15H2,1H3. The molecule has 0 aromatic heterocycles. The normalized spacial score (nSPS) is 16.7. The summed E-state index contributed by atoms with van der Waals surface area (Å²) in [6.45, 7) is 5.25. The first-order valence-corrected chi connectivity index (χ1v) is 8.57. The van der Waals surface area contributed by atoms with Crippen molar-refractivity contribution in [3.63, 3.8) is 0 Å². The molecule has 3 aromatic rings. The lowest BCUT2D eigenvalue weighted by molar-refractivity contribution is 0.148. The average molecular weight is 318 g/mol. The van der Waals surface area contributed by atoms with Crippen LogP contribution in [0.4, 0.5) is 0 Å². The topological polar surface area (TPSA) is 23.6 Å². The fourth-order valence-corrected chi connectivity index (χ4v) is 3.58. The maximum absolute atomic E-state index is 13.0. The van der Waals surface area contributed by atoms with Crippen LogP contribution in [-0.4, -0.2) is 43.0 Å². The number of nitrogens with zero attached hydrogens (tertiary/aromatic N) is 2. The second-order valence-corrected chi connectivity index (χ2v) is 6.71. The average Bonchev–Trinajstić information content (AvgIpc) is 2.73. The van der Waals surface area contributed by atoms with Gasteiger partial charge in [-0.15, -0.1) is 0 Å². The Morgan fingerprint density at radius 3 is 2.21 bits per heavy atom. The molecule has 0 amide bonds. The Morgan fingerprint density at radius 1 is 0.833 bits per heavy atom. The van der Waals surface area contributed by atoms with Gasteiger partial charge in [0, 0.05) is 43.5 Å². The Labute approximate surface area is 142 Å². The summed E-state index contributed by atoms with van der Waals surface area (Å²) in [6, 6.07) is 18.2. The number of benzene rings is 2. The van der Waals surface area contributed by atoms with E-state index in [1.54, 1.807) is 0 Å². The number of rotatable bonds is 2. The van der Waals surface area contributed by atoms with E-state index < -0.39 is 0 Å². The third-order valence-electron chi connectivity index (χ3n) is 5.04. The monoisotopic (exact) mass is 318 g/mol. The van der Waals surface area contributed by atoms with Gasteiger partial charge in [0.15, 0.2) is 5.43 Å². The fraction of sp³-hybridized carbons (Fsp3) is 0.286. The Balaban J connectivity index is 1.90. The summed E-state index contributed by atoms with van der Waals surface area (Å²) in [5.74, 6) is 0. The van der Waals surface area contributed by atoms with Gasteiger partial charge in [0.2, 0.25) is 0 Å². The molecule has 1 saturated heterocycles. The maximum Gasteiger partial charge on any atom is 0.194 e. The van der Waals surface area contributed by atoms with E-state index in [1.807, 2.05) is 42.5 Å². The van der Waals surface area contributed by atoms with Crippen LogP contribution in [0.1, 0.15) is 5.56 Å². The number of hydrogen-bond donors (Lipinski definition) is 0. The molecular formula is C21H22N2O. The molecule has 0 spiro atoms. The van der Waals surface area contributed by atoms with Gasteiger partial charge in [-0.2, -0.15) is 0 Å². The van der Waals surface area contributed by atoms with Gasteiger partial charge in [-0.05, 0) is 29.4 Å². The van der Waals surface area contributed by atoms with Crippen molar-refractivity contribution < 1.29 is 0 Å². The van der Waals surface area contributed by atoms with E-state index in [0.717, 1.165) is 54.3 Å². The van der Waals surface area contributed by atoms with Gasteiger partial charge in [0.25, 0.3) is 0 Å². The lowest BCUT2D eigenvalue weighted by Gasteiger charge is -2.32. The molecule has 3 nitrogen and oxygen atoms in total. The van der Waals surface area contributed by atoms with Gasteiger partial charge in [0.05, 0.1) is 0 Å². The first-order valence-electron chi connectivity index (χ1n) is 8.57. The molecule has 1 aliphatic rings. The van der Waals surface area contributed by atoms with Gasteiger partial charge in [-0.1, -0.05) is 48.5 Å². The van der Waals surface area contributed by atoms with E-state index in [4.69, 9.17) is 0 Å². The van der Waals surface area contributed by atoms with Crippen molar-refractivity contribution in [3.05, 3.63) is 70.4 Å². The zero-order chi connectivity index (χ0) is 16.5. The predicted molar refractivity (Wildman–Crippen MR) is 100 cm³/mol. The van der Waals surface area contributed by atoms with Gasteiger partial charge in [0.1, 0.15) is 0 Å². The molecule has 4 rings (SSSR count). The van der Waals surface area contributed by atoms with Gasteiger partial charge >= 0.3 is 0 Å². The minimum atomic E-state index is 0.130. The molecule has 1 fully saturated rings. The van der Waals surface area contributed by atoms with Crippen LogP contribution in [0.25, 0.3) is 21.5 Å². The molecule has 0 unspecified atom stereocenters. The number of likely N-dealkylation sites (N-methyl/N-ethyl adjacent to an activating group) is 1. The first kappa shape index (κ1) is 15.3. The molecule has 122 valence electrons. The van der Waals surface area contributed by atoms with E-state index in [2.05, 4.69) is 29.0 Å². The smallest absolute Gasteiger partial charge is 0.194 e. The van der Waals surface area contributed by atoms with E-state index in [0.29, 0.717) is 0 Å². The minimum absolute atomic E-state index is 0.130. The highest BCUT2D eigenvalue weighted by Gasteiger charge is 2.15. The van der Waals surface area contributed by atoms with Crippen molar-refractivity contribution in [1.82, 2.24) is 9.80 Å². The third-order valence-corrected chi connectivity index (χ3v) is 5.04. The fourth-order valence-electron chi connectivity index (χ4n) is 3.58. The second-order valence-electron chi connectivity index (χ2n) is 6.71. The highest BCUT2D eigenvalue weighted by Crippen LogP contribution is 2.22. The van der Waals surface area contributed by atoms with Crippen molar-refractivity contribution in [2.45, 2.75) is 6.54 Å². The zero-order valence-electron chi connectivity index (χ0n) is 14.0. The van der Waals surface area contributed by atoms with E-state index in [9.17, 15) is 4.79 Å². The van der Waals surface area contributed by atoms with E-state index >= 15 is 0 Å². The summed E-state index contributed by atoms with van der Waals surface area (Å²) in [6.07, 6.45) is 0. The SMILES string of the molecule is CN1CCN(Cc2cc3ccccc3c(=O)c3ccccc23)CC1. The van der Waals surface area contributed by atoms with Crippen LogP contribution in [0.2, 0.25) is 0 Å². The number of hydrogen-bond acceptors (Lipinski definition) is 3. The zero-order valence-corrected chi connectivity index (χ0v) is 14.0. The number of piperazine rings is 1. The Morgan fingerprint density at radius 2 is 1.46 bits per heavy atom.